The zero-order valence-corrected chi connectivity index (χ0v) is 18.7. The molecule has 2 aromatic rings. The third-order valence-electron chi connectivity index (χ3n) is 5.37. The van der Waals surface area contributed by atoms with Gasteiger partial charge >= 0.3 is 0 Å². The van der Waals surface area contributed by atoms with Crippen molar-refractivity contribution in [2.45, 2.75) is 24.8 Å². The van der Waals surface area contributed by atoms with E-state index < -0.39 is 26.8 Å². The molecule has 1 heterocycles. The highest BCUT2D eigenvalue weighted by molar-refractivity contribution is 7.89. The van der Waals surface area contributed by atoms with Crippen LogP contribution in [0.5, 0.6) is 5.75 Å². The van der Waals surface area contributed by atoms with Gasteiger partial charge in [0.1, 0.15) is 22.5 Å². The highest BCUT2D eigenvalue weighted by Gasteiger charge is 2.34. The van der Waals surface area contributed by atoms with Crippen LogP contribution in [0.2, 0.25) is 0 Å². The molecule has 7 nitrogen and oxygen atoms in total. The van der Waals surface area contributed by atoms with E-state index in [9.17, 15) is 17.6 Å². The first-order chi connectivity index (χ1) is 14.7. The molecule has 3 rings (SSSR count). The second kappa shape index (κ2) is 9.65. The highest BCUT2D eigenvalue weighted by Crippen LogP contribution is 2.22. The highest BCUT2D eigenvalue weighted by atomic mass is 32.2. The van der Waals surface area contributed by atoms with Crippen LogP contribution in [0.3, 0.4) is 0 Å². The molecule has 1 amide bonds. The van der Waals surface area contributed by atoms with Crippen LogP contribution in [0.4, 0.5) is 10.1 Å². The Morgan fingerprint density at radius 3 is 2.19 bits per heavy atom. The quantitative estimate of drug-likeness (QED) is 0.703. The Morgan fingerprint density at radius 2 is 1.65 bits per heavy atom. The molecule has 9 heteroatoms. The lowest BCUT2D eigenvalue weighted by Crippen LogP contribution is -2.56. The second-order valence-electron chi connectivity index (χ2n) is 7.78. The van der Waals surface area contributed by atoms with Crippen molar-refractivity contribution in [2.24, 2.45) is 5.92 Å². The van der Waals surface area contributed by atoms with Crippen LogP contribution in [-0.2, 0) is 14.8 Å². The van der Waals surface area contributed by atoms with Crippen molar-refractivity contribution in [1.82, 2.24) is 9.62 Å². The van der Waals surface area contributed by atoms with Crippen LogP contribution in [0, 0.1) is 11.7 Å². The van der Waals surface area contributed by atoms with Crippen LogP contribution in [-0.4, -0.2) is 58.6 Å². The number of carbonyl (C=O) groups is 1. The minimum absolute atomic E-state index is 0.298. The molecule has 1 unspecified atom stereocenters. The van der Waals surface area contributed by atoms with E-state index in [2.05, 4.69) is 9.62 Å². The van der Waals surface area contributed by atoms with E-state index in [4.69, 9.17) is 4.74 Å². The minimum atomic E-state index is -4.17. The zero-order valence-electron chi connectivity index (χ0n) is 17.9. The summed E-state index contributed by atoms with van der Waals surface area (Å²) >= 11 is 0. The van der Waals surface area contributed by atoms with E-state index in [1.54, 1.807) is 25.9 Å². The van der Waals surface area contributed by atoms with Gasteiger partial charge in [-0.1, -0.05) is 26.0 Å². The molecule has 2 aromatic carbocycles. The third-order valence-corrected chi connectivity index (χ3v) is 6.84. The van der Waals surface area contributed by atoms with Gasteiger partial charge < -0.3 is 14.5 Å². The van der Waals surface area contributed by atoms with Gasteiger partial charge in [-0.3, -0.25) is 4.79 Å². The van der Waals surface area contributed by atoms with Crippen molar-refractivity contribution < 1.29 is 22.3 Å². The van der Waals surface area contributed by atoms with Gasteiger partial charge in [-0.25, -0.2) is 12.8 Å². The van der Waals surface area contributed by atoms with E-state index in [0.717, 1.165) is 17.5 Å². The summed E-state index contributed by atoms with van der Waals surface area (Å²) in [5.74, 6) is -0.671. The number of sulfonamides is 1. The topological polar surface area (TPSA) is 79.0 Å². The largest absolute Gasteiger partial charge is 0.497 e. The summed E-state index contributed by atoms with van der Waals surface area (Å²) in [6.07, 6.45) is 0. The minimum Gasteiger partial charge on any atom is -0.497 e. The molecule has 1 aliphatic rings. The molecule has 0 saturated carbocycles. The maximum atomic E-state index is 14.0. The van der Waals surface area contributed by atoms with Crippen molar-refractivity contribution in [3.05, 3.63) is 54.3 Å². The van der Waals surface area contributed by atoms with Crippen LogP contribution in [0.1, 0.15) is 13.8 Å². The van der Waals surface area contributed by atoms with Crippen LogP contribution >= 0.6 is 0 Å². The van der Waals surface area contributed by atoms with Crippen molar-refractivity contribution in [2.75, 3.05) is 38.2 Å². The lowest BCUT2D eigenvalue weighted by atomic mass is 10.0. The number of hydrogen-bond acceptors (Lipinski definition) is 5. The van der Waals surface area contributed by atoms with Gasteiger partial charge in [0.15, 0.2) is 0 Å². The van der Waals surface area contributed by atoms with E-state index in [1.165, 1.54) is 18.2 Å². The van der Waals surface area contributed by atoms with E-state index in [1.807, 2.05) is 24.3 Å². The SMILES string of the molecule is COc1ccc(N2CCN(C(=O)C(NS(=O)(=O)c3ccccc3F)C(C)C)CC2)cc1. The Bertz CT molecular complexity index is 1000. The number of rotatable bonds is 7. The molecule has 31 heavy (non-hydrogen) atoms. The summed E-state index contributed by atoms with van der Waals surface area (Å²) in [5, 5.41) is 0. The number of carbonyl (C=O) groups excluding carboxylic acids is 1. The number of piperazine rings is 1. The molecule has 0 bridgehead atoms. The number of amides is 1. The zero-order chi connectivity index (χ0) is 22.6. The molecule has 1 saturated heterocycles. The van der Waals surface area contributed by atoms with Crippen molar-refractivity contribution in [3.63, 3.8) is 0 Å². The molecule has 0 aromatic heterocycles. The Balaban J connectivity index is 1.67. The summed E-state index contributed by atoms with van der Waals surface area (Å²) in [6.45, 7) is 5.72. The first-order valence-corrected chi connectivity index (χ1v) is 11.7. The van der Waals surface area contributed by atoms with Gasteiger partial charge in [0.05, 0.1) is 7.11 Å². The fourth-order valence-electron chi connectivity index (χ4n) is 3.54. The van der Waals surface area contributed by atoms with Gasteiger partial charge in [0.2, 0.25) is 15.9 Å². The molecule has 1 aliphatic heterocycles. The molecule has 0 radical (unpaired) electrons. The molecule has 0 aliphatic carbocycles. The van der Waals surface area contributed by atoms with Gasteiger partial charge in [-0.2, -0.15) is 4.72 Å². The molecule has 1 atom stereocenters. The first kappa shape index (κ1) is 23.0. The average molecular weight is 450 g/mol. The van der Waals surface area contributed by atoms with Crippen molar-refractivity contribution in [3.8, 4) is 5.75 Å². The van der Waals surface area contributed by atoms with Gasteiger partial charge in [0, 0.05) is 31.9 Å². The second-order valence-corrected chi connectivity index (χ2v) is 9.47. The van der Waals surface area contributed by atoms with Crippen LogP contribution < -0.4 is 14.4 Å². The molecular weight excluding hydrogens is 421 g/mol. The fourth-order valence-corrected chi connectivity index (χ4v) is 4.96. The smallest absolute Gasteiger partial charge is 0.244 e. The maximum Gasteiger partial charge on any atom is 0.244 e. The van der Waals surface area contributed by atoms with E-state index in [-0.39, 0.29) is 11.8 Å². The predicted molar refractivity (Wildman–Crippen MR) is 117 cm³/mol. The Labute approximate surface area is 182 Å². The summed E-state index contributed by atoms with van der Waals surface area (Å²) < 4.78 is 47.0. The normalized spacial score (nSPS) is 15.8. The number of ether oxygens (including phenoxy) is 1. The van der Waals surface area contributed by atoms with Crippen molar-refractivity contribution in [1.29, 1.82) is 0 Å². The first-order valence-electron chi connectivity index (χ1n) is 10.2. The number of anilines is 1. The maximum absolute atomic E-state index is 14.0. The molecule has 0 spiro atoms. The van der Waals surface area contributed by atoms with Crippen molar-refractivity contribution >= 4 is 21.6 Å². The number of benzene rings is 2. The number of halogens is 1. The molecule has 1 N–H and O–H groups in total. The van der Waals surface area contributed by atoms with Gasteiger partial charge in [0.25, 0.3) is 0 Å². The Kier molecular flexibility index (Phi) is 7.17. The summed E-state index contributed by atoms with van der Waals surface area (Å²) in [4.78, 5) is 16.5. The number of hydrogen-bond donors (Lipinski definition) is 1. The van der Waals surface area contributed by atoms with Crippen LogP contribution in [0.15, 0.2) is 53.4 Å². The Hall–Kier alpha value is -2.65. The molecule has 1 fully saturated rings. The molecule has 168 valence electrons. The number of methoxy groups -OCH3 is 1. The predicted octanol–water partition coefficient (Wildman–Crippen LogP) is 2.49. The summed E-state index contributed by atoms with van der Waals surface area (Å²) in [7, 11) is -2.56. The van der Waals surface area contributed by atoms with E-state index >= 15 is 0 Å². The van der Waals surface area contributed by atoms with E-state index in [0.29, 0.717) is 26.2 Å². The molecular formula is C22H28FN3O4S. The standard InChI is InChI=1S/C22H28FN3O4S/c1-16(2)21(24-31(28,29)20-7-5-4-6-19(20)23)22(27)26-14-12-25(13-15-26)17-8-10-18(30-3)11-9-17/h4-11,16,21,24H,12-15H2,1-3H3. The lowest BCUT2D eigenvalue weighted by Gasteiger charge is -2.38. The van der Waals surface area contributed by atoms with Crippen LogP contribution in [0.25, 0.3) is 0 Å². The van der Waals surface area contributed by atoms with Gasteiger partial charge in [-0.15, -0.1) is 0 Å². The fraction of sp³-hybridized carbons (Fsp3) is 0.409. The summed E-state index contributed by atoms with van der Waals surface area (Å²) in [6, 6.07) is 11.9. The van der Waals surface area contributed by atoms with Gasteiger partial charge in [-0.05, 0) is 42.3 Å². The number of nitrogens with zero attached hydrogens (tertiary/aromatic N) is 2. The lowest BCUT2D eigenvalue weighted by molar-refractivity contribution is -0.134. The Morgan fingerprint density at radius 1 is 1.03 bits per heavy atom. The monoisotopic (exact) mass is 449 g/mol. The average Bonchev–Trinajstić information content (AvgIpc) is 2.77. The number of nitrogens with one attached hydrogen (secondary N) is 1. The summed E-state index contributed by atoms with van der Waals surface area (Å²) in [5.41, 5.74) is 1.04. The third kappa shape index (κ3) is 5.34.